The van der Waals surface area contributed by atoms with Gasteiger partial charge in [0, 0.05) is 13.1 Å². The summed E-state index contributed by atoms with van der Waals surface area (Å²) in [5, 5.41) is 6.62. The lowest BCUT2D eigenvalue weighted by atomic mass is 9.87. The molecule has 1 atom stereocenters. The molecule has 3 nitrogen and oxygen atoms in total. The third-order valence-electron chi connectivity index (χ3n) is 3.58. The van der Waals surface area contributed by atoms with E-state index >= 15 is 0 Å². The molecule has 1 aliphatic carbocycles. The van der Waals surface area contributed by atoms with E-state index in [4.69, 9.17) is 0 Å². The minimum Gasteiger partial charge on any atom is -0.373 e. The number of nitrogens with zero attached hydrogens (tertiary/aromatic N) is 1. The van der Waals surface area contributed by atoms with Crippen molar-refractivity contribution >= 4 is 11.6 Å². The Kier molecular flexibility index (Phi) is 3.03. The molecule has 16 heavy (non-hydrogen) atoms. The van der Waals surface area contributed by atoms with Crippen LogP contribution in [0.25, 0.3) is 0 Å². The molecule has 0 amide bonds. The van der Waals surface area contributed by atoms with Crippen molar-refractivity contribution in [2.45, 2.75) is 39.2 Å². The molecule has 2 rings (SSSR count). The molecule has 1 aliphatic rings. The van der Waals surface area contributed by atoms with Gasteiger partial charge in [-0.2, -0.15) is 0 Å². The number of nitrogens with one attached hydrogen (secondary N) is 2. The van der Waals surface area contributed by atoms with Crippen LogP contribution in [0.4, 0.5) is 11.6 Å². The fraction of sp³-hybridized carbons (Fsp3) is 0.615. The molecule has 1 saturated carbocycles. The van der Waals surface area contributed by atoms with Crippen LogP contribution < -0.4 is 10.6 Å². The highest BCUT2D eigenvalue weighted by Gasteiger charge is 2.34. The monoisotopic (exact) mass is 219 g/mol. The quantitative estimate of drug-likeness (QED) is 0.820. The number of rotatable bonds is 3. The van der Waals surface area contributed by atoms with Crippen molar-refractivity contribution in [3.63, 3.8) is 0 Å². The Hall–Kier alpha value is -1.25. The highest BCUT2D eigenvalue weighted by Crippen LogP contribution is 2.38. The van der Waals surface area contributed by atoms with Crippen LogP contribution in [0.1, 0.15) is 33.1 Å². The van der Waals surface area contributed by atoms with Crippen LogP contribution in [0.5, 0.6) is 0 Å². The number of aromatic nitrogens is 1. The van der Waals surface area contributed by atoms with Crippen molar-refractivity contribution in [3.8, 4) is 0 Å². The first-order chi connectivity index (χ1) is 7.62. The second-order valence-corrected chi connectivity index (χ2v) is 5.24. The van der Waals surface area contributed by atoms with Gasteiger partial charge in [0.1, 0.15) is 11.6 Å². The molecule has 0 saturated heterocycles. The first-order valence-electron chi connectivity index (χ1n) is 6.03. The van der Waals surface area contributed by atoms with E-state index in [1.807, 2.05) is 25.2 Å². The summed E-state index contributed by atoms with van der Waals surface area (Å²) < 4.78 is 0. The molecular formula is C13H21N3. The summed E-state index contributed by atoms with van der Waals surface area (Å²) in [7, 11) is 1.89. The molecule has 0 spiro atoms. The van der Waals surface area contributed by atoms with E-state index in [9.17, 15) is 0 Å². The summed E-state index contributed by atoms with van der Waals surface area (Å²) in [5.41, 5.74) is 0.386. The van der Waals surface area contributed by atoms with Crippen molar-refractivity contribution in [1.29, 1.82) is 0 Å². The molecule has 0 aromatic carbocycles. The second kappa shape index (κ2) is 4.32. The van der Waals surface area contributed by atoms with Crippen LogP contribution in [0.15, 0.2) is 18.2 Å². The normalized spacial score (nSPS) is 23.1. The summed E-state index contributed by atoms with van der Waals surface area (Å²) >= 11 is 0. The Bertz CT molecular complexity index is 360. The number of anilines is 2. The zero-order valence-corrected chi connectivity index (χ0v) is 10.4. The molecule has 0 radical (unpaired) electrons. The number of pyridine rings is 1. The summed E-state index contributed by atoms with van der Waals surface area (Å²) in [6, 6.07) is 6.59. The maximum Gasteiger partial charge on any atom is 0.128 e. The highest BCUT2D eigenvalue weighted by molar-refractivity contribution is 5.45. The van der Waals surface area contributed by atoms with Crippen LogP contribution in [0.2, 0.25) is 0 Å². The summed E-state index contributed by atoms with van der Waals surface area (Å²) in [5.74, 6) is 1.90. The Morgan fingerprint density at radius 1 is 1.31 bits per heavy atom. The standard InChI is InChI=1S/C13H21N3/c1-13(2)9-5-6-10(13)15-12-8-4-7-11(14-3)16-12/h4,7-8,10H,5-6,9H2,1-3H3,(H2,14,15,16). The van der Waals surface area contributed by atoms with E-state index in [0.29, 0.717) is 11.5 Å². The summed E-state index contributed by atoms with van der Waals surface area (Å²) in [6.07, 6.45) is 3.87. The molecule has 0 bridgehead atoms. The Balaban J connectivity index is 2.08. The molecule has 1 unspecified atom stereocenters. The van der Waals surface area contributed by atoms with Gasteiger partial charge in [-0.15, -0.1) is 0 Å². The minimum absolute atomic E-state index is 0.386. The van der Waals surface area contributed by atoms with Crippen molar-refractivity contribution < 1.29 is 0 Å². The van der Waals surface area contributed by atoms with E-state index < -0.39 is 0 Å². The third kappa shape index (κ3) is 2.29. The van der Waals surface area contributed by atoms with Crippen molar-refractivity contribution in [2.24, 2.45) is 5.41 Å². The average Bonchev–Trinajstić information content (AvgIpc) is 2.59. The van der Waals surface area contributed by atoms with Crippen LogP contribution in [-0.4, -0.2) is 18.1 Å². The predicted molar refractivity (Wildman–Crippen MR) is 68.8 cm³/mol. The maximum absolute atomic E-state index is 4.50. The van der Waals surface area contributed by atoms with Gasteiger partial charge >= 0.3 is 0 Å². The van der Waals surface area contributed by atoms with Crippen LogP contribution in [0, 0.1) is 5.41 Å². The summed E-state index contributed by atoms with van der Waals surface area (Å²) in [6.45, 7) is 4.67. The minimum atomic E-state index is 0.386. The molecule has 1 fully saturated rings. The summed E-state index contributed by atoms with van der Waals surface area (Å²) in [4.78, 5) is 4.50. The van der Waals surface area contributed by atoms with Crippen LogP contribution >= 0.6 is 0 Å². The molecular weight excluding hydrogens is 198 g/mol. The third-order valence-corrected chi connectivity index (χ3v) is 3.58. The van der Waals surface area contributed by atoms with E-state index in [1.54, 1.807) is 0 Å². The predicted octanol–water partition coefficient (Wildman–Crippen LogP) is 3.11. The van der Waals surface area contributed by atoms with E-state index in [2.05, 4.69) is 29.5 Å². The SMILES string of the molecule is CNc1cccc(NC2CCCC2(C)C)n1. The van der Waals surface area contributed by atoms with E-state index in [1.165, 1.54) is 19.3 Å². The van der Waals surface area contributed by atoms with Gasteiger partial charge in [0.15, 0.2) is 0 Å². The van der Waals surface area contributed by atoms with Gasteiger partial charge in [-0.05, 0) is 30.4 Å². The first-order valence-corrected chi connectivity index (χ1v) is 6.03. The smallest absolute Gasteiger partial charge is 0.128 e. The van der Waals surface area contributed by atoms with E-state index in [-0.39, 0.29) is 0 Å². The van der Waals surface area contributed by atoms with Crippen molar-refractivity contribution in [3.05, 3.63) is 18.2 Å². The zero-order valence-electron chi connectivity index (χ0n) is 10.4. The van der Waals surface area contributed by atoms with Gasteiger partial charge in [0.25, 0.3) is 0 Å². The highest BCUT2D eigenvalue weighted by atomic mass is 15.1. The number of hydrogen-bond donors (Lipinski definition) is 2. The molecule has 1 heterocycles. The lowest BCUT2D eigenvalue weighted by Gasteiger charge is -2.28. The van der Waals surface area contributed by atoms with Gasteiger partial charge < -0.3 is 10.6 Å². The zero-order chi connectivity index (χ0) is 11.6. The number of hydrogen-bond acceptors (Lipinski definition) is 3. The molecule has 88 valence electrons. The van der Waals surface area contributed by atoms with Crippen molar-refractivity contribution in [1.82, 2.24) is 4.98 Å². The average molecular weight is 219 g/mol. The molecule has 0 aliphatic heterocycles. The molecule has 2 N–H and O–H groups in total. The van der Waals surface area contributed by atoms with Gasteiger partial charge in [-0.3, -0.25) is 0 Å². The topological polar surface area (TPSA) is 37.0 Å². The van der Waals surface area contributed by atoms with Crippen LogP contribution in [-0.2, 0) is 0 Å². The van der Waals surface area contributed by atoms with Gasteiger partial charge in [0.2, 0.25) is 0 Å². The second-order valence-electron chi connectivity index (χ2n) is 5.24. The fourth-order valence-corrected chi connectivity index (χ4v) is 2.43. The Labute approximate surface area is 97.7 Å². The molecule has 1 aromatic rings. The van der Waals surface area contributed by atoms with Gasteiger partial charge in [0.05, 0.1) is 0 Å². The van der Waals surface area contributed by atoms with Gasteiger partial charge in [-0.1, -0.05) is 26.3 Å². The fourth-order valence-electron chi connectivity index (χ4n) is 2.43. The first kappa shape index (κ1) is 11.2. The largest absolute Gasteiger partial charge is 0.373 e. The lowest BCUT2D eigenvalue weighted by Crippen LogP contribution is -2.31. The molecule has 1 aromatic heterocycles. The van der Waals surface area contributed by atoms with Crippen molar-refractivity contribution in [2.75, 3.05) is 17.7 Å². The van der Waals surface area contributed by atoms with Gasteiger partial charge in [-0.25, -0.2) is 4.98 Å². The maximum atomic E-state index is 4.50. The Morgan fingerprint density at radius 2 is 2.06 bits per heavy atom. The van der Waals surface area contributed by atoms with E-state index in [0.717, 1.165) is 11.6 Å². The lowest BCUT2D eigenvalue weighted by molar-refractivity contribution is 0.349. The Morgan fingerprint density at radius 3 is 2.69 bits per heavy atom. The molecule has 3 heteroatoms. The van der Waals surface area contributed by atoms with Crippen LogP contribution in [0.3, 0.4) is 0 Å².